The predicted octanol–water partition coefficient (Wildman–Crippen LogP) is 2.18. The first-order valence-electron chi connectivity index (χ1n) is 5.89. The molecule has 0 aliphatic rings. The number of nitrogens with one attached hydrogen (secondary N) is 1. The van der Waals surface area contributed by atoms with Crippen LogP contribution in [0.15, 0.2) is 34.9 Å². The van der Waals surface area contributed by atoms with Crippen LogP contribution >= 0.6 is 0 Å². The van der Waals surface area contributed by atoms with Crippen molar-refractivity contribution in [3.8, 4) is 0 Å². The molecule has 1 heterocycles. The van der Waals surface area contributed by atoms with Crippen molar-refractivity contribution in [2.75, 3.05) is 13.2 Å². The average molecular weight is 247 g/mol. The highest BCUT2D eigenvalue weighted by Crippen LogP contribution is 2.21. The fraction of sp³-hybridized carbons (Fsp3) is 0.357. The smallest absolute Gasteiger partial charge is 0.255 e. The second kappa shape index (κ2) is 4.82. The molecule has 0 aliphatic heterocycles. The summed E-state index contributed by atoms with van der Waals surface area (Å²) in [5.74, 6) is -0.179. The van der Waals surface area contributed by atoms with Crippen LogP contribution in [0.3, 0.4) is 0 Å². The molecule has 4 nitrogen and oxygen atoms in total. The predicted molar refractivity (Wildman–Crippen MR) is 69.4 cm³/mol. The van der Waals surface area contributed by atoms with Gasteiger partial charge in [0.25, 0.3) is 5.91 Å². The Morgan fingerprint density at radius 3 is 2.83 bits per heavy atom. The van der Waals surface area contributed by atoms with Crippen molar-refractivity contribution in [1.82, 2.24) is 5.32 Å². The molecule has 0 aliphatic carbocycles. The maximum atomic E-state index is 12.0. The van der Waals surface area contributed by atoms with Crippen molar-refractivity contribution in [3.05, 3.63) is 36.1 Å². The number of carbonyl (C=O) groups excluding carboxylic acids is 1. The molecule has 1 aromatic heterocycles. The van der Waals surface area contributed by atoms with Crippen LogP contribution in [0.4, 0.5) is 0 Å². The van der Waals surface area contributed by atoms with Gasteiger partial charge in [-0.2, -0.15) is 0 Å². The van der Waals surface area contributed by atoms with Crippen LogP contribution in [-0.4, -0.2) is 24.2 Å². The maximum Gasteiger partial charge on any atom is 0.255 e. The lowest BCUT2D eigenvalue weighted by Gasteiger charge is -2.21. The summed E-state index contributed by atoms with van der Waals surface area (Å²) < 4.78 is 5.32. The van der Waals surface area contributed by atoms with Gasteiger partial charge in [-0.05, 0) is 6.07 Å². The van der Waals surface area contributed by atoms with Gasteiger partial charge >= 0.3 is 0 Å². The first-order chi connectivity index (χ1) is 8.53. The van der Waals surface area contributed by atoms with Crippen LogP contribution in [0.2, 0.25) is 0 Å². The van der Waals surface area contributed by atoms with Gasteiger partial charge in [0.2, 0.25) is 0 Å². The van der Waals surface area contributed by atoms with E-state index in [0.717, 1.165) is 5.39 Å². The lowest BCUT2D eigenvalue weighted by Crippen LogP contribution is -2.35. The SMILES string of the molecule is CC(C)(CO)CNC(=O)c1coc2ccccc12. The maximum absolute atomic E-state index is 12.0. The first kappa shape index (κ1) is 12.6. The molecule has 4 heteroatoms. The zero-order valence-electron chi connectivity index (χ0n) is 10.6. The lowest BCUT2D eigenvalue weighted by atomic mass is 9.95. The van der Waals surface area contributed by atoms with Gasteiger partial charge in [-0.25, -0.2) is 0 Å². The van der Waals surface area contributed by atoms with E-state index in [1.807, 2.05) is 38.1 Å². The molecule has 0 atom stereocenters. The number of hydrogen-bond donors (Lipinski definition) is 2. The number of furan rings is 1. The number of benzene rings is 1. The lowest BCUT2D eigenvalue weighted by molar-refractivity contribution is 0.0912. The van der Waals surface area contributed by atoms with Crippen molar-refractivity contribution in [2.24, 2.45) is 5.41 Å². The monoisotopic (exact) mass is 247 g/mol. The zero-order valence-corrected chi connectivity index (χ0v) is 10.6. The summed E-state index contributed by atoms with van der Waals surface area (Å²) in [6.07, 6.45) is 1.46. The summed E-state index contributed by atoms with van der Waals surface area (Å²) in [4.78, 5) is 12.0. The topological polar surface area (TPSA) is 62.5 Å². The van der Waals surface area contributed by atoms with Crippen molar-refractivity contribution in [1.29, 1.82) is 0 Å². The fourth-order valence-electron chi connectivity index (χ4n) is 1.62. The first-order valence-corrected chi connectivity index (χ1v) is 5.89. The molecule has 0 bridgehead atoms. The van der Waals surface area contributed by atoms with Gasteiger partial charge < -0.3 is 14.8 Å². The van der Waals surface area contributed by atoms with E-state index in [0.29, 0.717) is 17.7 Å². The molecule has 0 radical (unpaired) electrons. The van der Waals surface area contributed by atoms with E-state index in [4.69, 9.17) is 9.52 Å². The molecule has 0 saturated carbocycles. The molecule has 0 fully saturated rings. The summed E-state index contributed by atoms with van der Waals surface area (Å²) in [6, 6.07) is 7.41. The third kappa shape index (κ3) is 2.54. The van der Waals surface area contributed by atoms with Gasteiger partial charge in [0.1, 0.15) is 11.8 Å². The highest BCUT2D eigenvalue weighted by molar-refractivity contribution is 6.05. The molecule has 96 valence electrons. The van der Waals surface area contributed by atoms with Crippen molar-refractivity contribution >= 4 is 16.9 Å². The Kier molecular flexibility index (Phi) is 3.39. The molecule has 0 unspecified atom stereocenters. The number of para-hydroxylation sites is 1. The number of carbonyl (C=O) groups is 1. The minimum atomic E-state index is -0.324. The molecule has 2 N–H and O–H groups in total. The third-order valence-corrected chi connectivity index (χ3v) is 2.88. The van der Waals surface area contributed by atoms with Crippen molar-refractivity contribution < 1.29 is 14.3 Å². The molecule has 1 aromatic carbocycles. The second-order valence-electron chi connectivity index (χ2n) is 5.15. The van der Waals surface area contributed by atoms with Crippen LogP contribution in [0.25, 0.3) is 11.0 Å². The van der Waals surface area contributed by atoms with Gasteiger partial charge in [0.15, 0.2) is 0 Å². The number of aliphatic hydroxyl groups is 1. The summed E-state index contributed by atoms with van der Waals surface area (Å²) in [7, 11) is 0. The summed E-state index contributed by atoms with van der Waals surface area (Å²) in [5, 5.41) is 12.8. The van der Waals surface area contributed by atoms with Gasteiger partial charge in [0.05, 0.1) is 5.56 Å². The van der Waals surface area contributed by atoms with Gasteiger partial charge in [-0.15, -0.1) is 0 Å². The number of amides is 1. The Morgan fingerprint density at radius 1 is 1.39 bits per heavy atom. The van der Waals surface area contributed by atoms with E-state index in [-0.39, 0.29) is 17.9 Å². The van der Waals surface area contributed by atoms with E-state index in [9.17, 15) is 4.79 Å². The second-order valence-corrected chi connectivity index (χ2v) is 5.15. The fourth-order valence-corrected chi connectivity index (χ4v) is 1.62. The van der Waals surface area contributed by atoms with E-state index in [1.54, 1.807) is 0 Å². The summed E-state index contributed by atoms with van der Waals surface area (Å²) >= 11 is 0. The number of rotatable bonds is 4. The van der Waals surface area contributed by atoms with Gasteiger partial charge in [0, 0.05) is 24.0 Å². The van der Waals surface area contributed by atoms with Crippen LogP contribution in [0.5, 0.6) is 0 Å². The largest absolute Gasteiger partial charge is 0.463 e. The van der Waals surface area contributed by atoms with Crippen molar-refractivity contribution in [3.63, 3.8) is 0 Å². The minimum absolute atomic E-state index is 0.0272. The Hall–Kier alpha value is -1.81. The number of aliphatic hydroxyl groups excluding tert-OH is 1. The Bertz CT molecular complexity index is 557. The summed E-state index contributed by atoms with van der Waals surface area (Å²) in [5.41, 5.74) is 0.901. The van der Waals surface area contributed by atoms with Crippen LogP contribution in [-0.2, 0) is 0 Å². The molecule has 1 amide bonds. The number of fused-ring (bicyclic) bond motifs is 1. The normalized spacial score (nSPS) is 11.7. The minimum Gasteiger partial charge on any atom is -0.463 e. The van der Waals surface area contributed by atoms with Gasteiger partial charge in [-0.1, -0.05) is 32.0 Å². The third-order valence-electron chi connectivity index (χ3n) is 2.88. The van der Waals surface area contributed by atoms with Crippen LogP contribution < -0.4 is 5.32 Å². The van der Waals surface area contributed by atoms with Gasteiger partial charge in [-0.3, -0.25) is 4.79 Å². The molecule has 0 spiro atoms. The molecule has 0 saturated heterocycles. The van der Waals surface area contributed by atoms with E-state index in [1.165, 1.54) is 6.26 Å². The highest BCUT2D eigenvalue weighted by atomic mass is 16.3. The molecule has 2 aromatic rings. The molecular formula is C14H17NO3. The van der Waals surface area contributed by atoms with Crippen LogP contribution in [0, 0.1) is 5.41 Å². The zero-order chi connectivity index (χ0) is 13.2. The standard InChI is InChI=1S/C14H17NO3/c1-14(2,9-16)8-15-13(17)11-7-18-12-6-4-3-5-10(11)12/h3-7,16H,8-9H2,1-2H3,(H,15,17). The Balaban J connectivity index is 2.14. The summed E-state index contributed by atoms with van der Waals surface area (Å²) in [6.45, 7) is 4.22. The Labute approximate surface area is 106 Å². The highest BCUT2D eigenvalue weighted by Gasteiger charge is 2.19. The molecule has 18 heavy (non-hydrogen) atoms. The van der Waals surface area contributed by atoms with E-state index in [2.05, 4.69) is 5.32 Å². The average Bonchev–Trinajstić information content (AvgIpc) is 2.80. The van der Waals surface area contributed by atoms with E-state index >= 15 is 0 Å². The van der Waals surface area contributed by atoms with E-state index < -0.39 is 0 Å². The Morgan fingerprint density at radius 2 is 2.11 bits per heavy atom. The molecular weight excluding hydrogens is 230 g/mol. The molecule has 2 rings (SSSR count). The number of hydrogen-bond acceptors (Lipinski definition) is 3. The quantitative estimate of drug-likeness (QED) is 0.870. The van der Waals surface area contributed by atoms with Crippen molar-refractivity contribution in [2.45, 2.75) is 13.8 Å². The van der Waals surface area contributed by atoms with Crippen LogP contribution in [0.1, 0.15) is 24.2 Å².